The number of nitrogens with zero attached hydrogens (tertiary/aromatic N) is 2. The van der Waals surface area contributed by atoms with Gasteiger partial charge in [-0.3, -0.25) is 4.79 Å². The van der Waals surface area contributed by atoms with E-state index >= 15 is 0 Å². The Labute approximate surface area is 134 Å². The Balaban J connectivity index is 1.94. The summed E-state index contributed by atoms with van der Waals surface area (Å²) in [7, 11) is 0. The molecule has 0 fully saturated rings. The fourth-order valence-electron chi connectivity index (χ4n) is 1.94. The number of nitrogens with one attached hydrogen (secondary N) is 1. The molecular weight excluding hydrogens is 298 g/mol. The van der Waals surface area contributed by atoms with Gasteiger partial charge in [-0.1, -0.05) is 18.5 Å². The maximum Gasteiger partial charge on any atom is 0.239 e. The van der Waals surface area contributed by atoms with Crippen LogP contribution in [-0.4, -0.2) is 16.0 Å². The van der Waals surface area contributed by atoms with Crippen molar-refractivity contribution in [3.05, 3.63) is 36.0 Å². The highest BCUT2D eigenvalue weighted by atomic mass is 32.2. The predicted molar refractivity (Wildman–Crippen MR) is 87.9 cm³/mol. The van der Waals surface area contributed by atoms with E-state index in [1.54, 1.807) is 11.8 Å². The molecule has 2 aromatic rings. The Hall–Kier alpha value is -1.82. The van der Waals surface area contributed by atoms with Crippen molar-refractivity contribution < 1.29 is 9.32 Å². The highest BCUT2D eigenvalue weighted by Gasteiger charge is 2.15. The van der Waals surface area contributed by atoms with Crippen molar-refractivity contribution in [2.75, 3.05) is 5.32 Å². The number of hydrogen-bond acceptors (Lipinski definition) is 5. The molecule has 0 saturated heterocycles. The van der Waals surface area contributed by atoms with Crippen molar-refractivity contribution in [3.8, 4) is 0 Å². The number of carbonyl (C=O) groups excluding carboxylic acids is 1. The van der Waals surface area contributed by atoms with Gasteiger partial charge in [0.25, 0.3) is 0 Å². The van der Waals surface area contributed by atoms with Crippen LogP contribution in [0.2, 0.25) is 0 Å². The third-order valence-corrected chi connectivity index (χ3v) is 4.17. The highest BCUT2D eigenvalue weighted by Crippen LogP contribution is 2.34. The molecule has 0 spiro atoms. The first-order chi connectivity index (χ1) is 10.6. The van der Waals surface area contributed by atoms with Crippen molar-refractivity contribution in [1.82, 2.24) is 10.1 Å². The van der Waals surface area contributed by atoms with E-state index < -0.39 is 0 Å². The normalized spacial score (nSPS) is 12.1. The van der Waals surface area contributed by atoms with Gasteiger partial charge in [-0.2, -0.15) is 4.98 Å². The second-order valence-corrected chi connectivity index (χ2v) is 6.53. The average molecular weight is 319 g/mol. The molecule has 0 aliphatic heterocycles. The standard InChI is InChI=1S/C16H21N3O2S/c1-4-5-6-15-18-16(21-19-15)11(2)22-14-9-7-13(8-10-14)17-12(3)20/h7-11H,4-6H2,1-3H3,(H,17,20). The van der Waals surface area contributed by atoms with E-state index in [2.05, 4.69) is 22.4 Å². The lowest BCUT2D eigenvalue weighted by Crippen LogP contribution is -2.05. The molecule has 0 bridgehead atoms. The molecule has 118 valence electrons. The van der Waals surface area contributed by atoms with Crippen molar-refractivity contribution in [2.45, 2.75) is 50.2 Å². The second kappa shape index (κ2) is 7.98. The summed E-state index contributed by atoms with van der Waals surface area (Å²) in [5, 5.41) is 6.86. The third kappa shape index (κ3) is 4.87. The van der Waals surface area contributed by atoms with E-state index in [1.807, 2.05) is 31.2 Å². The van der Waals surface area contributed by atoms with Gasteiger partial charge in [0.1, 0.15) is 0 Å². The van der Waals surface area contributed by atoms with Crippen molar-refractivity contribution >= 4 is 23.4 Å². The zero-order valence-electron chi connectivity index (χ0n) is 13.1. The molecule has 0 aliphatic carbocycles. The molecule has 5 nitrogen and oxygen atoms in total. The predicted octanol–water partition coefficient (Wildman–Crippen LogP) is 4.22. The lowest BCUT2D eigenvalue weighted by atomic mass is 10.2. The number of aryl methyl sites for hydroxylation is 1. The van der Waals surface area contributed by atoms with Gasteiger partial charge in [-0.15, -0.1) is 11.8 Å². The van der Waals surface area contributed by atoms with E-state index in [4.69, 9.17) is 4.52 Å². The highest BCUT2D eigenvalue weighted by molar-refractivity contribution is 7.99. The number of unbranched alkanes of at least 4 members (excludes halogenated alkanes) is 1. The lowest BCUT2D eigenvalue weighted by Gasteiger charge is -2.07. The number of hydrogen-bond donors (Lipinski definition) is 1. The number of aromatic nitrogens is 2. The Morgan fingerprint density at radius 3 is 2.73 bits per heavy atom. The number of benzene rings is 1. The second-order valence-electron chi connectivity index (χ2n) is 5.12. The first kappa shape index (κ1) is 16.5. The summed E-state index contributed by atoms with van der Waals surface area (Å²) in [4.78, 5) is 16.5. The van der Waals surface area contributed by atoms with Gasteiger partial charge < -0.3 is 9.84 Å². The van der Waals surface area contributed by atoms with Crippen LogP contribution in [0.4, 0.5) is 5.69 Å². The van der Waals surface area contributed by atoms with Crippen molar-refractivity contribution in [3.63, 3.8) is 0 Å². The van der Waals surface area contributed by atoms with Gasteiger partial charge >= 0.3 is 0 Å². The Bertz CT molecular complexity index is 610. The van der Waals surface area contributed by atoms with E-state index in [-0.39, 0.29) is 11.2 Å². The van der Waals surface area contributed by atoms with Gasteiger partial charge in [0, 0.05) is 23.9 Å². The number of carbonyl (C=O) groups is 1. The number of rotatable bonds is 7. The maximum absolute atomic E-state index is 11.0. The first-order valence-corrected chi connectivity index (χ1v) is 8.33. The minimum atomic E-state index is -0.0701. The molecule has 2 rings (SSSR count). The van der Waals surface area contributed by atoms with E-state index in [9.17, 15) is 4.79 Å². The van der Waals surface area contributed by atoms with Gasteiger partial charge in [-0.25, -0.2) is 0 Å². The van der Waals surface area contributed by atoms with Crippen LogP contribution in [0.3, 0.4) is 0 Å². The maximum atomic E-state index is 11.0. The Morgan fingerprint density at radius 1 is 1.36 bits per heavy atom. The molecule has 1 amide bonds. The van der Waals surface area contributed by atoms with E-state index in [0.29, 0.717) is 5.89 Å². The van der Waals surface area contributed by atoms with Crippen LogP contribution in [0.25, 0.3) is 0 Å². The minimum absolute atomic E-state index is 0.0701. The molecule has 1 aromatic carbocycles. The van der Waals surface area contributed by atoms with Crippen LogP contribution in [0.5, 0.6) is 0 Å². The van der Waals surface area contributed by atoms with Gasteiger partial charge in [-0.05, 0) is 37.6 Å². The van der Waals surface area contributed by atoms with Crippen LogP contribution in [-0.2, 0) is 11.2 Å². The topological polar surface area (TPSA) is 68.0 Å². The molecule has 1 N–H and O–H groups in total. The summed E-state index contributed by atoms with van der Waals surface area (Å²) in [5.41, 5.74) is 0.796. The summed E-state index contributed by atoms with van der Waals surface area (Å²) in [6, 6.07) is 7.72. The molecule has 1 heterocycles. The van der Waals surface area contributed by atoms with Gasteiger partial charge in [0.15, 0.2) is 5.82 Å². The lowest BCUT2D eigenvalue weighted by molar-refractivity contribution is -0.114. The number of anilines is 1. The van der Waals surface area contributed by atoms with Crippen LogP contribution < -0.4 is 5.32 Å². The van der Waals surface area contributed by atoms with Crippen molar-refractivity contribution in [2.24, 2.45) is 0 Å². The smallest absolute Gasteiger partial charge is 0.239 e. The van der Waals surface area contributed by atoms with Crippen LogP contribution in [0, 0.1) is 0 Å². The fraction of sp³-hybridized carbons (Fsp3) is 0.438. The molecule has 1 aromatic heterocycles. The monoisotopic (exact) mass is 319 g/mol. The summed E-state index contributed by atoms with van der Waals surface area (Å²) in [6.07, 6.45) is 3.06. The first-order valence-electron chi connectivity index (χ1n) is 7.45. The summed E-state index contributed by atoms with van der Waals surface area (Å²) in [5.74, 6) is 1.37. The number of amides is 1. The zero-order chi connectivity index (χ0) is 15.9. The fourth-order valence-corrected chi connectivity index (χ4v) is 2.84. The largest absolute Gasteiger partial charge is 0.338 e. The minimum Gasteiger partial charge on any atom is -0.338 e. The third-order valence-electron chi connectivity index (χ3n) is 3.07. The zero-order valence-corrected chi connectivity index (χ0v) is 13.9. The van der Waals surface area contributed by atoms with Crippen LogP contribution in [0.1, 0.15) is 50.6 Å². The quantitative estimate of drug-likeness (QED) is 0.774. The summed E-state index contributed by atoms with van der Waals surface area (Å²) in [6.45, 7) is 5.68. The molecule has 1 unspecified atom stereocenters. The molecule has 0 aliphatic rings. The van der Waals surface area contributed by atoms with E-state index in [0.717, 1.165) is 35.7 Å². The van der Waals surface area contributed by atoms with Crippen LogP contribution in [0.15, 0.2) is 33.7 Å². The van der Waals surface area contributed by atoms with E-state index in [1.165, 1.54) is 6.92 Å². The molecule has 0 saturated carbocycles. The van der Waals surface area contributed by atoms with Crippen LogP contribution >= 0.6 is 11.8 Å². The SMILES string of the molecule is CCCCc1noc(C(C)Sc2ccc(NC(C)=O)cc2)n1. The average Bonchev–Trinajstić information content (AvgIpc) is 2.95. The molecular formula is C16H21N3O2S. The summed E-state index contributed by atoms with van der Waals surface area (Å²) < 4.78 is 5.33. The Morgan fingerprint density at radius 2 is 2.09 bits per heavy atom. The molecule has 0 radical (unpaired) electrons. The summed E-state index contributed by atoms with van der Waals surface area (Å²) >= 11 is 1.65. The molecule has 22 heavy (non-hydrogen) atoms. The number of thioether (sulfide) groups is 1. The molecule has 6 heteroatoms. The van der Waals surface area contributed by atoms with Gasteiger partial charge in [0.05, 0.1) is 5.25 Å². The Kier molecular flexibility index (Phi) is 6.00. The molecule has 1 atom stereocenters. The van der Waals surface area contributed by atoms with Crippen molar-refractivity contribution in [1.29, 1.82) is 0 Å². The van der Waals surface area contributed by atoms with Gasteiger partial charge in [0.2, 0.25) is 11.8 Å².